The minimum atomic E-state index is -4.58. The summed E-state index contributed by atoms with van der Waals surface area (Å²) in [6, 6.07) is 0.651. The molecule has 1 heterocycles. The molecule has 0 atom stereocenters. The van der Waals surface area contributed by atoms with Crippen molar-refractivity contribution in [2.24, 2.45) is 5.10 Å². The molecule has 0 saturated carbocycles. The zero-order chi connectivity index (χ0) is 16.2. The number of aliphatic carboxylic acids is 1. The van der Waals surface area contributed by atoms with Crippen LogP contribution < -0.4 is 10.5 Å². The number of carbonyl (C=O) groups is 1. The number of nitrogens with one attached hydrogen (secondary N) is 1. The molecule has 1 aromatic rings. The van der Waals surface area contributed by atoms with E-state index >= 15 is 0 Å². The highest BCUT2D eigenvalue weighted by Gasteiger charge is 2.31. The van der Waals surface area contributed by atoms with Crippen LogP contribution in [0.1, 0.15) is 5.56 Å². The van der Waals surface area contributed by atoms with Crippen LogP contribution in [0.3, 0.4) is 0 Å². The second kappa shape index (κ2) is 6.97. The molecule has 5 nitrogen and oxygen atoms in total. The van der Waals surface area contributed by atoms with Gasteiger partial charge in [0.25, 0.3) is 0 Å². The van der Waals surface area contributed by atoms with Crippen LogP contribution in [-0.2, 0) is 11.0 Å². The Hall–Kier alpha value is -1.51. The van der Waals surface area contributed by atoms with E-state index in [0.29, 0.717) is 12.3 Å². The Balaban J connectivity index is 2.87. The van der Waals surface area contributed by atoms with Crippen LogP contribution >= 0.6 is 34.8 Å². The molecule has 0 spiro atoms. The third kappa shape index (κ3) is 5.07. The molecule has 0 bridgehead atoms. The molecular weight excluding hydrogens is 357 g/mol. The van der Waals surface area contributed by atoms with Crippen molar-refractivity contribution in [2.45, 2.75) is 6.18 Å². The van der Waals surface area contributed by atoms with Gasteiger partial charge in [-0.1, -0.05) is 34.8 Å². The van der Waals surface area contributed by atoms with Gasteiger partial charge in [0.1, 0.15) is 0 Å². The molecule has 0 amide bonds. The molecule has 1 rings (SSSR count). The summed E-state index contributed by atoms with van der Waals surface area (Å²) in [5.41, 5.74) is 1.16. The summed E-state index contributed by atoms with van der Waals surface area (Å²) < 4.78 is 37.1. The quantitative estimate of drug-likeness (QED) is 0.508. The largest absolute Gasteiger partial charge is 0.544 e. The first-order chi connectivity index (χ1) is 9.62. The van der Waals surface area contributed by atoms with Crippen LogP contribution in [0, 0.1) is 0 Å². The fourth-order valence-corrected chi connectivity index (χ4v) is 1.36. The number of halogens is 6. The van der Waals surface area contributed by atoms with Gasteiger partial charge in [0.15, 0.2) is 5.82 Å². The normalized spacial score (nSPS) is 13.2. The summed E-state index contributed by atoms with van der Waals surface area (Å²) >= 11 is 16.3. The van der Waals surface area contributed by atoms with Crippen LogP contribution in [-0.4, -0.2) is 17.2 Å². The number of anilines is 1. The SMILES string of the molecule is O=C([O-])/C(Cl)=C(Cl)\C=N/Nc1ncc(C(F)(F)F)cc1Cl. The minimum Gasteiger partial charge on any atom is -0.544 e. The van der Waals surface area contributed by atoms with Crippen molar-refractivity contribution in [2.75, 3.05) is 5.43 Å². The third-order valence-electron chi connectivity index (χ3n) is 1.91. The predicted octanol–water partition coefficient (Wildman–Crippen LogP) is 2.59. The number of pyridine rings is 1. The number of nitrogens with zero attached hydrogens (tertiary/aromatic N) is 2. The number of aromatic nitrogens is 1. The van der Waals surface area contributed by atoms with Gasteiger partial charge in [0.2, 0.25) is 0 Å². The molecule has 114 valence electrons. The maximum atomic E-state index is 12.4. The summed E-state index contributed by atoms with van der Waals surface area (Å²) in [5, 5.41) is 12.2. The Kier molecular flexibility index (Phi) is 5.82. The molecule has 0 aromatic carbocycles. The summed E-state index contributed by atoms with van der Waals surface area (Å²) in [5.74, 6) is -1.89. The van der Waals surface area contributed by atoms with Gasteiger partial charge in [-0.3, -0.25) is 5.43 Å². The molecule has 0 unspecified atom stereocenters. The average Bonchev–Trinajstić information content (AvgIpc) is 2.38. The van der Waals surface area contributed by atoms with Crippen molar-refractivity contribution in [3.05, 3.63) is 32.9 Å². The van der Waals surface area contributed by atoms with Gasteiger partial charge in [-0.25, -0.2) is 4.98 Å². The first-order valence-electron chi connectivity index (χ1n) is 4.91. The van der Waals surface area contributed by atoms with Gasteiger partial charge < -0.3 is 9.90 Å². The lowest BCUT2D eigenvalue weighted by Gasteiger charge is -2.08. The maximum absolute atomic E-state index is 12.4. The summed E-state index contributed by atoms with van der Waals surface area (Å²) in [6.45, 7) is 0. The van der Waals surface area contributed by atoms with E-state index in [4.69, 9.17) is 34.8 Å². The molecule has 1 aromatic heterocycles. The Labute approximate surface area is 131 Å². The number of carbonyl (C=O) groups excluding carboxylic acids is 1. The van der Waals surface area contributed by atoms with Crippen molar-refractivity contribution < 1.29 is 23.1 Å². The number of carboxylic acids is 1. The highest BCUT2D eigenvalue weighted by molar-refractivity contribution is 6.51. The Morgan fingerprint density at radius 1 is 1.43 bits per heavy atom. The first-order valence-corrected chi connectivity index (χ1v) is 6.04. The van der Waals surface area contributed by atoms with Crippen LogP contribution in [0.5, 0.6) is 0 Å². The van der Waals surface area contributed by atoms with E-state index in [2.05, 4.69) is 15.5 Å². The summed E-state index contributed by atoms with van der Waals surface area (Å²) in [6.07, 6.45) is -3.23. The molecule has 21 heavy (non-hydrogen) atoms. The van der Waals surface area contributed by atoms with E-state index < -0.39 is 27.8 Å². The number of hydrazone groups is 1. The first kappa shape index (κ1) is 17.5. The number of carboxylic acid groups (broad SMARTS) is 1. The van der Waals surface area contributed by atoms with Crippen molar-refractivity contribution in [3.63, 3.8) is 0 Å². The predicted molar refractivity (Wildman–Crippen MR) is 70.1 cm³/mol. The maximum Gasteiger partial charge on any atom is 0.417 e. The van der Waals surface area contributed by atoms with E-state index in [-0.39, 0.29) is 10.8 Å². The van der Waals surface area contributed by atoms with E-state index in [1.807, 2.05) is 0 Å². The van der Waals surface area contributed by atoms with Crippen LogP contribution in [0.25, 0.3) is 0 Å². The topological polar surface area (TPSA) is 77.4 Å². The molecule has 0 saturated heterocycles. The van der Waals surface area contributed by atoms with Crippen LogP contribution in [0.2, 0.25) is 5.02 Å². The molecule has 1 N–H and O–H groups in total. The summed E-state index contributed by atoms with van der Waals surface area (Å²) in [7, 11) is 0. The highest BCUT2D eigenvalue weighted by atomic mass is 35.5. The van der Waals surface area contributed by atoms with E-state index in [1.165, 1.54) is 0 Å². The van der Waals surface area contributed by atoms with Gasteiger partial charge in [0, 0.05) is 6.20 Å². The average molecular weight is 362 g/mol. The molecule has 0 aliphatic heterocycles. The third-order valence-corrected chi connectivity index (χ3v) is 2.94. The zero-order valence-corrected chi connectivity index (χ0v) is 12.0. The Morgan fingerprint density at radius 3 is 2.52 bits per heavy atom. The number of hydrogen-bond donors (Lipinski definition) is 1. The Bertz CT molecular complexity index is 617. The van der Waals surface area contributed by atoms with E-state index in [9.17, 15) is 23.1 Å². The molecule has 0 fully saturated rings. The van der Waals surface area contributed by atoms with Crippen LogP contribution in [0.15, 0.2) is 27.4 Å². The second-order valence-electron chi connectivity index (χ2n) is 3.37. The summed E-state index contributed by atoms with van der Waals surface area (Å²) in [4.78, 5) is 13.8. The number of hydrogen-bond acceptors (Lipinski definition) is 5. The van der Waals surface area contributed by atoms with Crippen molar-refractivity contribution in [1.29, 1.82) is 0 Å². The number of allylic oxidation sites excluding steroid dienone is 1. The number of alkyl halides is 3. The van der Waals surface area contributed by atoms with Crippen LogP contribution in [0.4, 0.5) is 19.0 Å². The van der Waals surface area contributed by atoms with Crippen molar-refractivity contribution >= 4 is 52.8 Å². The van der Waals surface area contributed by atoms with Gasteiger partial charge in [-0.15, -0.1) is 0 Å². The molecule has 0 radical (unpaired) electrons. The minimum absolute atomic E-state index is 0.185. The van der Waals surface area contributed by atoms with E-state index in [0.717, 1.165) is 6.21 Å². The van der Waals surface area contributed by atoms with Crippen molar-refractivity contribution in [1.82, 2.24) is 4.98 Å². The lowest BCUT2D eigenvalue weighted by Crippen LogP contribution is -2.22. The smallest absolute Gasteiger partial charge is 0.417 e. The fraction of sp³-hybridized carbons (Fsp3) is 0.100. The molecule has 11 heteroatoms. The molecule has 0 aliphatic carbocycles. The van der Waals surface area contributed by atoms with Gasteiger partial charge in [-0.2, -0.15) is 18.3 Å². The van der Waals surface area contributed by atoms with Crippen molar-refractivity contribution in [3.8, 4) is 0 Å². The zero-order valence-electron chi connectivity index (χ0n) is 9.71. The molecular formula is C10H4Cl3F3N3O2-. The number of rotatable bonds is 4. The standard InChI is InChI=1S/C10H5Cl3F3N3O2/c11-5-1-4(10(14,15)16)2-17-8(5)19-18-3-6(12)7(13)9(20)21/h1-3H,(H,17,19)(H,20,21)/p-1/b7-6-,18-3-. The van der Waals surface area contributed by atoms with E-state index in [1.54, 1.807) is 0 Å². The van der Waals surface area contributed by atoms with Gasteiger partial charge >= 0.3 is 6.18 Å². The van der Waals surface area contributed by atoms with Gasteiger partial charge in [-0.05, 0) is 6.07 Å². The second-order valence-corrected chi connectivity index (χ2v) is 4.56. The lowest BCUT2D eigenvalue weighted by atomic mass is 10.3. The fourth-order valence-electron chi connectivity index (χ4n) is 0.979. The lowest BCUT2D eigenvalue weighted by molar-refractivity contribution is -0.298. The molecule has 0 aliphatic rings. The Morgan fingerprint density at radius 2 is 2.05 bits per heavy atom. The highest BCUT2D eigenvalue weighted by Crippen LogP contribution is 2.32. The van der Waals surface area contributed by atoms with Gasteiger partial charge in [0.05, 0.1) is 32.8 Å². The monoisotopic (exact) mass is 360 g/mol.